The monoisotopic (exact) mass is 372 g/mol. The number of amides is 3. The molecule has 0 fully saturated rings. The zero-order chi connectivity index (χ0) is 19.8. The van der Waals surface area contributed by atoms with E-state index in [0.717, 1.165) is 10.5 Å². The van der Waals surface area contributed by atoms with E-state index in [1.807, 2.05) is 13.0 Å². The Bertz CT molecular complexity index is 1140. The highest BCUT2D eigenvalue weighted by Gasteiger charge is 2.37. The van der Waals surface area contributed by atoms with Crippen LogP contribution in [0.25, 0.3) is 0 Å². The van der Waals surface area contributed by atoms with Gasteiger partial charge in [-0.25, -0.2) is 4.90 Å². The van der Waals surface area contributed by atoms with Crippen molar-refractivity contribution in [3.05, 3.63) is 89.0 Å². The zero-order valence-corrected chi connectivity index (χ0v) is 15.0. The Balaban J connectivity index is 1.65. The summed E-state index contributed by atoms with van der Waals surface area (Å²) < 4.78 is 0. The minimum atomic E-state index is -0.487. The van der Waals surface area contributed by atoms with Gasteiger partial charge < -0.3 is 10.4 Å². The Kier molecular flexibility index (Phi) is 4.16. The summed E-state index contributed by atoms with van der Waals surface area (Å²) >= 11 is 0. The molecule has 6 nitrogen and oxygen atoms in total. The van der Waals surface area contributed by atoms with E-state index in [4.69, 9.17) is 0 Å². The Labute approximate surface area is 161 Å². The molecule has 0 unspecified atom stereocenters. The molecule has 0 bridgehead atoms. The van der Waals surface area contributed by atoms with Crippen LogP contribution in [0.2, 0.25) is 0 Å². The first-order valence-electron chi connectivity index (χ1n) is 8.64. The third-order valence-electron chi connectivity index (χ3n) is 4.56. The summed E-state index contributed by atoms with van der Waals surface area (Å²) in [5.41, 5.74) is 2.33. The van der Waals surface area contributed by atoms with E-state index in [0.29, 0.717) is 5.69 Å². The molecule has 0 spiro atoms. The Morgan fingerprint density at radius 1 is 0.893 bits per heavy atom. The van der Waals surface area contributed by atoms with Gasteiger partial charge >= 0.3 is 0 Å². The van der Waals surface area contributed by atoms with Crippen LogP contribution in [-0.2, 0) is 0 Å². The standard InChI is InChI=1S/C22H16N2O4/c1-13-5-4-6-15(11-13)24-21(27)16-10-9-14(12-17(16)22(24)28)20(26)23-18-7-2-3-8-19(18)25/h2-12,25H,1H3,(H,23,26). The SMILES string of the molecule is Cc1cccc(N2C(=O)c3ccc(C(=O)Nc4ccccc4O)cc3C2=O)c1. The van der Waals surface area contributed by atoms with Gasteiger partial charge in [0.05, 0.1) is 22.5 Å². The van der Waals surface area contributed by atoms with Gasteiger partial charge in [-0.15, -0.1) is 0 Å². The second kappa shape index (κ2) is 6.66. The van der Waals surface area contributed by atoms with Crippen LogP contribution in [0.1, 0.15) is 36.6 Å². The van der Waals surface area contributed by atoms with Crippen LogP contribution in [0.5, 0.6) is 5.75 Å². The van der Waals surface area contributed by atoms with Crippen molar-refractivity contribution in [3.63, 3.8) is 0 Å². The summed E-state index contributed by atoms with van der Waals surface area (Å²) in [5, 5.41) is 12.4. The second-order valence-electron chi connectivity index (χ2n) is 6.52. The van der Waals surface area contributed by atoms with Gasteiger partial charge in [-0.1, -0.05) is 24.3 Å². The third kappa shape index (κ3) is 2.91. The number of benzene rings is 3. The first-order valence-corrected chi connectivity index (χ1v) is 8.64. The average Bonchev–Trinajstić information content (AvgIpc) is 2.93. The number of hydrogen-bond donors (Lipinski definition) is 2. The molecule has 0 aromatic heterocycles. The quantitative estimate of drug-likeness (QED) is 0.541. The predicted octanol–water partition coefficient (Wildman–Crippen LogP) is 3.75. The molecular weight excluding hydrogens is 356 g/mol. The minimum Gasteiger partial charge on any atom is -0.506 e. The maximum Gasteiger partial charge on any atom is 0.266 e. The minimum absolute atomic E-state index is 0.0612. The molecular formula is C22H16N2O4. The predicted molar refractivity (Wildman–Crippen MR) is 105 cm³/mol. The van der Waals surface area contributed by atoms with Gasteiger partial charge in [0.25, 0.3) is 17.7 Å². The molecule has 138 valence electrons. The number of phenolic OH excluding ortho intramolecular Hbond substituents is 1. The fourth-order valence-electron chi connectivity index (χ4n) is 3.16. The van der Waals surface area contributed by atoms with Crippen LogP contribution >= 0.6 is 0 Å². The van der Waals surface area contributed by atoms with E-state index in [-0.39, 0.29) is 28.1 Å². The van der Waals surface area contributed by atoms with Crippen molar-refractivity contribution in [2.45, 2.75) is 6.92 Å². The molecule has 1 aliphatic heterocycles. The average molecular weight is 372 g/mol. The molecule has 0 aliphatic carbocycles. The number of nitrogens with one attached hydrogen (secondary N) is 1. The number of hydrogen-bond acceptors (Lipinski definition) is 4. The lowest BCUT2D eigenvalue weighted by atomic mass is 10.1. The summed E-state index contributed by atoms with van der Waals surface area (Å²) in [7, 11) is 0. The van der Waals surface area contributed by atoms with Crippen molar-refractivity contribution in [1.82, 2.24) is 0 Å². The van der Waals surface area contributed by atoms with Crippen LogP contribution in [0, 0.1) is 6.92 Å². The van der Waals surface area contributed by atoms with Gasteiger partial charge in [0.1, 0.15) is 5.75 Å². The first kappa shape index (κ1) is 17.5. The number of rotatable bonds is 3. The van der Waals surface area contributed by atoms with Crippen LogP contribution in [0.15, 0.2) is 66.7 Å². The number of fused-ring (bicyclic) bond motifs is 1. The van der Waals surface area contributed by atoms with E-state index in [1.54, 1.807) is 36.4 Å². The molecule has 0 radical (unpaired) electrons. The summed E-state index contributed by atoms with van der Waals surface area (Å²) in [6.45, 7) is 1.88. The summed E-state index contributed by atoms with van der Waals surface area (Å²) in [5.74, 6) is -1.44. The van der Waals surface area contributed by atoms with Gasteiger partial charge in [-0.2, -0.15) is 0 Å². The fraction of sp³-hybridized carbons (Fsp3) is 0.0455. The van der Waals surface area contributed by atoms with Gasteiger partial charge in [0.15, 0.2) is 0 Å². The highest BCUT2D eigenvalue weighted by atomic mass is 16.3. The largest absolute Gasteiger partial charge is 0.506 e. The smallest absolute Gasteiger partial charge is 0.266 e. The van der Waals surface area contributed by atoms with E-state index in [9.17, 15) is 19.5 Å². The lowest BCUT2D eigenvalue weighted by molar-refractivity contribution is 0.0925. The number of carbonyl (C=O) groups excluding carboxylic acids is 3. The van der Waals surface area contributed by atoms with E-state index < -0.39 is 17.7 Å². The molecule has 3 amide bonds. The second-order valence-corrected chi connectivity index (χ2v) is 6.52. The molecule has 3 aromatic rings. The van der Waals surface area contributed by atoms with Crippen molar-refractivity contribution < 1.29 is 19.5 Å². The maximum absolute atomic E-state index is 12.8. The number of imide groups is 1. The number of aryl methyl sites for hydroxylation is 1. The fourth-order valence-corrected chi connectivity index (χ4v) is 3.16. The van der Waals surface area contributed by atoms with Crippen molar-refractivity contribution in [3.8, 4) is 5.75 Å². The normalized spacial score (nSPS) is 12.8. The molecule has 0 atom stereocenters. The molecule has 4 rings (SSSR count). The van der Waals surface area contributed by atoms with Crippen molar-refractivity contribution >= 4 is 29.1 Å². The molecule has 3 aromatic carbocycles. The lowest BCUT2D eigenvalue weighted by Crippen LogP contribution is -2.29. The first-order chi connectivity index (χ1) is 13.5. The number of aromatic hydroxyl groups is 1. The molecule has 1 aliphatic rings. The Morgan fingerprint density at radius 2 is 1.64 bits per heavy atom. The van der Waals surface area contributed by atoms with E-state index in [2.05, 4.69) is 5.32 Å². The van der Waals surface area contributed by atoms with Crippen LogP contribution in [0.3, 0.4) is 0 Å². The van der Waals surface area contributed by atoms with Crippen LogP contribution in [-0.4, -0.2) is 22.8 Å². The van der Waals surface area contributed by atoms with Crippen molar-refractivity contribution in [1.29, 1.82) is 0 Å². The van der Waals surface area contributed by atoms with Crippen molar-refractivity contribution in [2.75, 3.05) is 10.2 Å². The summed E-state index contributed by atoms with van der Waals surface area (Å²) in [6, 6.07) is 17.8. The van der Waals surface area contributed by atoms with Crippen LogP contribution in [0.4, 0.5) is 11.4 Å². The molecule has 6 heteroatoms. The van der Waals surface area contributed by atoms with Gasteiger partial charge in [0, 0.05) is 5.56 Å². The highest BCUT2D eigenvalue weighted by Crippen LogP contribution is 2.30. The maximum atomic E-state index is 12.8. The van der Waals surface area contributed by atoms with Crippen molar-refractivity contribution in [2.24, 2.45) is 0 Å². The van der Waals surface area contributed by atoms with Gasteiger partial charge in [0.2, 0.25) is 0 Å². The van der Waals surface area contributed by atoms with E-state index >= 15 is 0 Å². The van der Waals surface area contributed by atoms with Crippen LogP contribution < -0.4 is 10.2 Å². The highest BCUT2D eigenvalue weighted by molar-refractivity contribution is 6.34. The number of nitrogens with zero attached hydrogens (tertiary/aromatic N) is 1. The number of para-hydroxylation sites is 2. The molecule has 0 saturated carbocycles. The lowest BCUT2D eigenvalue weighted by Gasteiger charge is -2.14. The molecule has 0 saturated heterocycles. The Morgan fingerprint density at radius 3 is 2.39 bits per heavy atom. The summed E-state index contributed by atoms with van der Waals surface area (Å²) in [4.78, 5) is 39.2. The zero-order valence-electron chi connectivity index (χ0n) is 15.0. The number of anilines is 2. The van der Waals surface area contributed by atoms with Gasteiger partial charge in [-0.3, -0.25) is 14.4 Å². The topological polar surface area (TPSA) is 86.7 Å². The number of carbonyl (C=O) groups is 3. The van der Waals surface area contributed by atoms with Gasteiger partial charge in [-0.05, 0) is 55.0 Å². The third-order valence-corrected chi connectivity index (χ3v) is 4.56. The van der Waals surface area contributed by atoms with E-state index in [1.165, 1.54) is 24.3 Å². The number of phenols is 1. The molecule has 1 heterocycles. The molecule has 2 N–H and O–H groups in total. The summed E-state index contributed by atoms with van der Waals surface area (Å²) in [6.07, 6.45) is 0. The molecule has 28 heavy (non-hydrogen) atoms. The Hall–Kier alpha value is -3.93.